The smallest absolute Gasteiger partial charge is 0.215 e. The number of ether oxygens (including phenoxy) is 3. The Balaban J connectivity index is 1.27. The normalized spacial score (nSPS) is 19.5. The monoisotopic (exact) mass is 524 g/mol. The standard InChI is InChI=1S/C27H26Cl2N4O3/c1-2-3-26-31-11-10-25(32-26)19-4-7-21(8-5-19)34-15-22-16-35-27(36-22,17-33-13-12-30-18-33)23-9-6-20(28)14-24(23)29/h4-14,18,22H,2-3,15-17H2,1H3/t22-,27-/m1/s1. The molecular formula is C27H26Cl2N4O3. The summed E-state index contributed by atoms with van der Waals surface area (Å²) in [5.41, 5.74) is 2.62. The third-order valence-corrected chi connectivity index (χ3v) is 6.46. The molecule has 0 saturated carbocycles. The van der Waals surface area contributed by atoms with E-state index in [0.29, 0.717) is 35.4 Å². The lowest BCUT2D eigenvalue weighted by atomic mass is 10.1. The van der Waals surface area contributed by atoms with E-state index in [4.69, 9.17) is 37.4 Å². The summed E-state index contributed by atoms with van der Waals surface area (Å²) in [4.78, 5) is 13.1. The summed E-state index contributed by atoms with van der Waals surface area (Å²) in [5.74, 6) is 0.513. The quantitative estimate of drug-likeness (QED) is 0.269. The molecule has 7 nitrogen and oxygen atoms in total. The summed E-state index contributed by atoms with van der Waals surface area (Å²) in [6.07, 6.45) is 8.66. The van der Waals surface area contributed by atoms with Gasteiger partial charge in [0.1, 0.15) is 24.3 Å². The Labute approximate surface area is 220 Å². The van der Waals surface area contributed by atoms with Gasteiger partial charge in [0.05, 0.1) is 30.2 Å². The molecule has 2 aromatic carbocycles. The molecule has 0 unspecified atom stereocenters. The van der Waals surface area contributed by atoms with Gasteiger partial charge < -0.3 is 18.8 Å². The van der Waals surface area contributed by atoms with Gasteiger partial charge >= 0.3 is 0 Å². The van der Waals surface area contributed by atoms with Crippen LogP contribution in [0.3, 0.4) is 0 Å². The number of hydrogen-bond acceptors (Lipinski definition) is 6. The summed E-state index contributed by atoms with van der Waals surface area (Å²) in [6, 6.07) is 15.1. The van der Waals surface area contributed by atoms with Gasteiger partial charge in [-0.2, -0.15) is 0 Å². The first-order valence-corrected chi connectivity index (χ1v) is 12.6. The zero-order valence-electron chi connectivity index (χ0n) is 19.8. The molecule has 1 saturated heterocycles. The number of hydrogen-bond donors (Lipinski definition) is 0. The van der Waals surface area contributed by atoms with Crippen molar-refractivity contribution in [2.45, 2.75) is 38.2 Å². The summed E-state index contributed by atoms with van der Waals surface area (Å²) >= 11 is 12.7. The molecule has 1 fully saturated rings. The van der Waals surface area contributed by atoms with Gasteiger partial charge in [0.15, 0.2) is 0 Å². The van der Waals surface area contributed by atoms with E-state index in [1.807, 2.05) is 47.2 Å². The molecule has 0 spiro atoms. The first-order chi connectivity index (χ1) is 17.5. The highest BCUT2D eigenvalue weighted by molar-refractivity contribution is 6.35. The van der Waals surface area contributed by atoms with Crippen LogP contribution >= 0.6 is 23.2 Å². The predicted octanol–water partition coefficient (Wildman–Crippen LogP) is 5.95. The van der Waals surface area contributed by atoms with Gasteiger partial charge in [-0.3, -0.25) is 0 Å². The van der Waals surface area contributed by atoms with E-state index in [9.17, 15) is 0 Å². The van der Waals surface area contributed by atoms with Crippen molar-refractivity contribution >= 4 is 23.2 Å². The average molecular weight is 525 g/mol. The number of aromatic nitrogens is 4. The van der Waals surface area contributed by atoms with Crippen LogP contribution in [0.2, 0.25) is 10.0 Å². The van der Waals surface area contributed by atoms with Crippen molar-refractivity contribution in [1.82, 2.24) is 19.5 Å². The second kappa shape index (κ2) is 11.0. The molecule has 2 atom stereocenters. The number of nitrogens with zero attached hydrogens (tertiary/aromatic N) is 4. The zero-order valence-corrected chi connectivity index (χ0v) is 21.3. The van der Waals surface area contributed by atoms with Gasteiger partial charge in [0.2, 0.25) is 5.79 Å². The molecule has 1 aliphatic heterocycles. The first-order valence-electron chi connectivity index (χ1n) is 11.8. The SMILES string of the molecule is CCCc1nccc(-c2ccc(OC[C@@H]3CO[C@@](Cn4ccnc4)(c4ccc(Cl)cc4Cl)O3)cc2)n1. The molecule has 186 valence electrons. The van der Waals surface area contributed by atoms with Crippen LogP contribution < -0.4 is 4.74 Å². The Bertz CT molecular complexity index is 1300. The molecule has 0 radical (unpaired) electrons. The molecule has 36 heavy (non-hydrogen) atoms. The molecule has 0 bridgehead atoms. The van der Waals surface area contributed by atoms with Crippen molar-refractivity contribution < 1.29 is 14.2 Å². The molecule has 9 heteroatoms. The topological polar surface area (TPSA) is 71.3 Å². The van der Waals surface area contributed by atoms with Crippen LogP contribution in [0.15, 0.2) is 73.4 Å². The summed E-state index contributed by atoms with van der Waals surface area (Å²) in [6.45, 7) is 3.18. The van der Waals surface area contributed by atoms with Gasteiger partial charge in [0.25, 0.3) is 0 Å². The van der Waals surface area contributed by atoms with Crippen LogP contribution in [0.1, 0.15) is 24.7 Å². The first kappa shape index (κ1) is 24.7. The molecular weight excluding hydrogens is 499 g/mol. The van der Waals surface area contributed by atoms with Crippen LogP contribution in [-0.4, -0.2) is 38.8 Å². The molecule has 0 amide bonds. The molecule has 4 aromatic rings. The average Bonchev–Trinajstić information content (AvgIpc) is 3.54. The number of imidazole rings is 1. The molecule has 2 aromatic heterocycles. The van der Waals surface area contributed by atoms with E-state index >= 15 is 0 Å². The van der Waals surface area contributed by atoms with E-state index < -0.39 is 5.79 Å². The van der Waals surface area contributed by atoms with E-state index in [0.717, 1.165) is 35.7 Å². The Morgan fingerprint density at radius 3 is 2.72 bits per heavy atom. The van der Waals surface area contributed by atoms with Crippen LogP contribution in [0.4, 0.5) is 0 Å². The highest BCUT2D eigenvalue weighted by Gasteiger charge is 2.45. The van der Waals surface area contributed by atoms with E-state index in [1.54, 1.807) is 30.9 Å². The number of aryl methyl sites for hydroxylation is 1. The fourth-order valence-electron chi connectivity index (χ4n) is 4.19. The van der Waals surface area contributed by atoms with Crippen molar-refractivity contribution in [3.05, 3.63) is 94.9 Å². The minimum atomic E-state index is -1.08. The summed E-state index contributed by atoms with van der Waals surface area (Å²) < 4.78 is 20.6. The molecule has 5 rings (SSSR count). The molecule has 0 N–H and O–H groups in total. The van der Waals surface area contributed by atoms with Crippen molar-refractivity contribution in [1.29, 1.82) is 0 Å². The lowest BCUT2D eigenvalue weighted by Gasteiger charge is -2.30. The van der Waals surface area contributed by atoms with Gasteiger partial charge in [0, 0.05) is 41.2 Å². The zero-order chi connectivity index (χ0) is 25.0. The number of benzene rings is 2. The van der Waals surface area contributed by atoms with Crippen LogP contribution in [0, 0.1) is 0 Å². The Kier molecular flexibility index (Phi) is 7.53. The maximum Gasteiger partial charge on any atom is 0.215 e. The van der Waals surface area contributed by atoms with Gasteiger partial charge in [-0.25, -0.2) is 15.0 Å². The Morgan fingerprint density at radius 1 is 1.11 bits per heavy atom. The van der Waals surface area contributed by atoms with E-state index in [2.05, 4.69) is 21.9 Å². The largest absolute Gasteiger partial charge is 0.491 e. The highest BCUT2D eigenvalue weighted by Crippen LogP contribution is 2.40. The van der Waals surface area contributed by atoms with Crippen molar-refractivity contribution in [3.63, 3.8) is 0 Å². The van der Waals surface area contributed by atoms with Gasteiger partial charge in [-0.1, -0.05) is 36.2 Å². The predicted molar refractivity (Wildman–Crippen MR) is 138 cm³/mol. The van der Waals surface area contributed by atoms with Gasteiger partial charge in [-0.05, 0) is 48.9 Å². The van der Waals surface area contributed by atoms with E-state index in [-0.39, 0.29) is 6.10 Å². The Morgan fingerprint density at radius 2 is 1.97 bits per heavy atom. The summed E-state index contributed by atoms with van der Waals surface area (Å²) in [7, 11) is 0. The fraction of sp³-hybridized carbons (Fsp3) is 0.296. The van der Waals surface area contributed by atoms with Crippen LogP contribution in [-0.2, 0) is 28.2 Å². The minimum Gasteiger partial charge on any atom is -0.491 e. The maximum atomic E-state index is 6.54. The fourth-order valence-corrected chi connectivity index (χ4v) is 4.74. The molecule has 3 heterocycles. The lowest BCUT2D eigenvalue weighted by molar-refractivity contribution is -0.189. The Hall–Kier alpha value is -2.97. The second-order valence-electron chi connectivity index (χ2n) is 8.61. The third kappa shape index (κ3) is 5.55. The number of halogens is 2. The maximum absolute atomic E-state index is 6.54. The van der Waals surface area contributed by atoms with Crippen LogP contribution in [0.5, 0.6) is 5.75 Å². The van der Waals surface area contributed by atoms with Crippen molar-refractivity contribution in [2.24, 2.45) is 0 Å². The summed E-state index contributed by atoms with van der Waals surface area (Å²) in [5, 5.41) is 1.03. The highest BCUT2D eigenvalue weighted by atomic mass is 35.5. The lowest BCUT2D eigenvalue weighted by Crippen LogP contribution is -2.34. The molecule has 0 aliphatic carbocycles. The molecule has 1 aliphatic rings. The van der Waals surface area contributed by atoms with E-state index in [1.165, 1.54) is 0 Å². The van der Waals surface area contributed by atoms with Crippen LogP contribution in [0.25, 0.3) is 11.3 Å². The third-order valence-electron chi connectivity index (χ3n) is 5.92. The van der Waals surface area contributed by atoms with Gasteiger partial charge in [-0.15, -0.1) is 0 Å². The van der Waals surface area contributed by atoms with Crippen molar-refractivity contribution in [2.75, 3.05) is 13.2 Å². The minimum absolute atomic E-state index is 0.293. The second-order valence-corrected chi connectivity index (χ2v) is 9.45. The number of rotatable bonds is 9. The van der Waals surface area contributed by atoms with Crippen molar-refractivity contribution in [3.8, 4) is 17.0 Å².